The van der Waals surface area contributed by atoms with Crippen molar-refractivity contribution in [2.45, 2.75) is 46.5 Å². The van der Waals surface area contributed by atoms with Gasteiger partial charge in [0.15, 0.2) is 0 Å². The SMILES string of the molecule is CC(C)c1ccc2[nH]c3ccc(C(c4ccncc4)C(C)(C)C)cc3c2c1. The van der Waals surface area contributed by atoms with Crippen molar-refractivity contribution in [2.24, 2.45) is 5.41 Å². The number of nitrogens with one attached hydrogen (secondary N) is 1. The molecule has 4 aromatic rings. The van der Waals surface area contributed by atoms with Crippen LogP contribution in [0.3, 0.4) is 0 Å². The van der Waals surface area contributed by atoms with Crippen LogP contribution in [0.25, 0.3) is 21.8 Å². The first kappa shape index (κ1) is 17.8. The maximum atomic E-state index is 4.21. The average molecular weight is 357 g/mol. The van der Waals surface area contributed by atoms with Crippen LogP contribution in [0, 0.1) is 5.41 Å². The molecule has 27 heavy (non-hydrogen) atoms. The molecule has 0 bridgehead atoms. The Morgan fingerprint density at radius 1 is 0.741 bits per heavy atom. The lowest BCUT2D eigenvalue weighted by Gasteiger charge is -2.31. The van der Waals surface area contributed by atoms with Crippen LogP contribution in [0.5, 0.6) is 0 Å². The minimum atomic E-state index is 0.115. The highest BCUT2D eigenvalue weighted by molar-refractivity contribution is 6.07. The van der Waals surface area contributed by atoms with Crippen molar-refractivity contribution in [3.63, 3.8) is 0 Å². The van der Waals surface area contributed by atoms with E-state index in [2.05, 4.69) is 93.1 Å². The lowest BCUT2D eigenvalue weighted by atomic mass is 9.72. The van der Waals surface area contributed by atoms with Crippen LogP contribution in [0.15, 0.2) is 60.9 Å². The lowest BCUT2D eigenvalue weighted by Crippen LogP contribution is -2.19. The summed E-state index contributed by atoms with van der Waals surface area (Å²) >= 11 is 0. The van der Waals surface area contributed by atoms with E-state index in [0.717, 1.165) is 0 Å². The second-order valence-electron chi connectivity index (χ2n) is 8.97. The highest BCUT2D eigenvalue weighted by Crippen LogP contribution is 2.42. The number of aromatic nitrogens is 2. The van der Waals surface area contributed by atoms with Crippen LogP contribution in [-0.4, -0.2) is 9.97 Å². The van der Waals surface area contributed by atoms with Gasteiger partial charge >= 0.3 is 0 Å². The molecule has 2 aromatic heterocycles. The van der Waals surface area contributed by atoms with Crippen molar-refractivity contribution in [1.29, 1.82) is 0 Å². The number of rotatable bonds is 3. The molecular formula is C25H28N2. The van der Waals surface area contributed by atoms with Gasteiger partial charge in [-0.05, 0) is 64.4 Å². The fourth-order valence-corrected chi connectivity index (χ4v) is 4.22. The van der Waals surface area contributed by atoms with Gasteiger partial charge in [0, 0.05) is 40.1 Å². The van der Waals surface area contributed by atoms with E-state index in [1.165, 1.54) is 38.5 Å². The third kappa shape index (κ3) is 3.25. The number of hydrogen-bond donors (Lipinski definition) is 1. The smallest absolute Gasteiger partial charge is 0.0465 e. The van der Waals surface area contributed by atoms with Gasteiger partial charge in [0.1, 0.15) is 0 Å². The molecule has 0 saturated carbocycles. The van der Waals surface area contributed by atoms with Gasteiger partial charge in [-0.2, -0.15) is 0 Å². The molecule has 2 aromatic carbocycles. The Bertz CT molecular complexity index is 1080. The Morgan fingerprint density at radius 2 is 1.30 bits per heavy atom. The zero-order chi connectivity index (χ0) is 19.2. The third-order valence-electron chi connectivity index (χ3n) is 5.55. The number of H-pyrrole nitrogens is 1. The second kappa shape index (κ2) is 6.53. The highest BCUT2D eigenvalue weighted by Gasteiger charge is 2.28. The Balaban J connectivity index is 1.93. The van der Waals surface area contributed by atoms with Crippen molar-refractivity contribution >= 4 is 21.8 Å². The first-order valence-electron chi connectivity index (χ1n) is 9.80. The first-order chi connectivity index (χ1) is 12.8. The minimum Gasteiger partial charge on any atom is -0.355 e. The van der Waals surface area contributed by atoms with Crippen LogP contribution in [0.4, 0.5) is 0 Å². The lowest BCUT2D eigenvalue weighted by molar-refractivity contribution is 0.358. The highest BCUT2D eigenvalue weighted by atomic mass is 14.7. The molecule has 0 saturated heterocycles. The normalized spacial score (nSPS) is 13.6. The number of hydrogen-bond acceptors (Lipinski definition) is 1. The molecular weight excluding hydrogens is 328 g/mol. The summed E-state index contributed by atoms with van der Waals surface area (Å²) in [7, 11) is 0. The number of benzene rings is 2. The molecule has 0 fully saturated rings. The summed E-state index contributed by atoms with van der Waals surface area (Å²) in [5.41, 5.74) is 6.59. The van der Waals surface area contributed by atoms with E-state index in [0.29, 0.717) is 11.8 Å². The summed E-state index contributed by atoms with van der Waals surface area (Å²) in [6.07, 6.45) is 3.79. The van der Waals surface area contributed by atoms with Crippen molar-refractivity contribution in [1.82, 2.24) is 9.97 Å². The Morgan fingerprint density at radius 3 is 1.85 bits per heavy atom. The van der Waals surface area contributed by atoms with E-state index >= 15 is 0 Å². The van der Waals surface area contributed by atoms with Gasteiger partial charge in [-0.1, -0.05) is 46.8 Å². The number of aromatic amines is 1. The van der Waals surface area contributed by atoms with Crippen LogP contribution in [0.1, 0.15) is 63.1 Å². The van der Waals surface area contributed by atoms with Crippen molar-refractivity contribution in [2.75, 3.05) is 0 Å². The predicted octanol–water partition coefficient (Wildman–Crippen LogP) is 7.02. The zero-order valence-electron chi connectivity index (χ0n) is 16.9. The van der Waals surface area contributed by atoms with Crippen molar-refractivity contribution in [3.05, 3.63) is 77.6 Å². The van der Waals surface area contributed by atoms with Crippen LogP contribution < -0.4 is 0 Å². The van der Waals surface area contributed by atoms with Gasteiger partial charge in [-0.15, -0.1) is 0 Å². The van der Waals surface area contributed by atoms with E-state index in [4.69, 9.17) is 0 Å². The predicted molar refractivity (Wildman–Crippen MR) is 115 cm³/mol. The molecule has 2 heteroatoms. The van der Waals surface area contributed by atoms with Gasteiger partial charge in [0.05, 0.1) is 0 Å². The van der Waals surface area contributed by atoms with E-state index in [-0.39, 0.29) is 5.41 Å². The van der Waals surface area contributed by atoms with Gasteiger partial charge in [-0.25, -0.2) is 0 Å². The molecule has 0 radical (unpaired) electrons. The summed E-state index contributed by atoms with van der Waals surface area (Å²) in [6.45, 7) is 11.4. The van der Waals surface area contributed by atoms with E-state index < -0.39 is 0 Å². The summed E-state index contributed by atoms with van der Waals surface area (Å²) in [5, 5.41) is 2.63. The Kier molecular flexibility index (Phi) is 4.30. The number of nitrogens with zero attached hydrogens (tertiary/aromatic N) is 1. The van der Waals surface area contributed by atoms with E-state index in [9.17, 15) is 0 Å². The zero-order valence-corrected chi connectivity index (χ0v) is 16.9. The summed E-state index contributed by atoms with van der Waals surface area (Å²) in [6, 6.07) is 18.0. The summed E-state index contributed by atoms with van der Waals surface area (Å²) < 4.78 is 0. The fourth-order valence-electron chi connectivity index (χ4n) is 4.22. The Hall–Kier alpha value is -2.61. The molecule has 0 aliphatic carbocycles. The second-order valence-corrected chi connectivity index (χ2v) is 8.97. The van der Waals surface area contributed by atoms with Crippen LogP contribution >= 0.6 is 0 Å². The van der Waals surface area contributed by atoms with Crippen molar-refractivity contribution < 1.29 is 0 Å². The topological polar surface area (TPSA) is 28.7 Å². The van der Waals surface area contributed by atoms with E-state index in [1.807, 2.05) is 12.4 Å². The third-order valence-corrected chi connectivity index (χ3v) is 5.55. The minimum absolute atomic E-state index is 0.115. The van der Waals surface area contributed by atoms with Crippen LogP contribution in [-0.2, 0) is 0 Å². The van der Waals surface area contributed by atoms with Gasteiger partial charge in [-0.3, -0.25) is 4.98 Å². The van der Waals surface area contributed by atoms with Gasteiger partial charge in [0.25, 0.3) is 0 Å². The van der Waals surface area contributed by atoms with Gasteiger partial charge in [0.2, 0.25) is 0 Å². The number of fused-ring (bicyclic) bond motifs is 3. The molecule has 2 heterocycles. The molecule has 0 amide bonds. The maximum absolute atomic E-state index is 4.21. The maximum Gasteiger partial charge on any atom is 0.0465 e. The average Bonchev–Trinajstić information content (AvgIpc) is 2.99. The molecule has 4 rings (SSSR count). The Labute approximate surface area is 161 Å². The summed E-state index contributed by atoms with van der Waals surface area (Å²) in [5.74, 6) is 0.852. The molecule has 0 spiro atoms. The molecule has 138 valence electrons. The summed E-state index contributed by atoms with van der Waals surface area (Å²) in [4.78, 5) is 7.79. The fraction of sp³-hybridized carbons (Fsp3) is 0.320. The van der Waals surface area contributed by atoms with Crippen LogP contribution in [0.2, 0.25) is 0 Å². The molecule has 1 unspecified atom stereocenters. The number of pyridine rings is 1. The molecule has 2 nitrogen and oxygen atoms in total. The molecule has 0 aliphatic rings. The van der Waals surface area contributed by atoms with E-state index in [1.54, 1.807) is 0 Å². The standard InChI is InChI=1S/C25H28N2/c1-16(2)18-6-8-22-20(14-18)21-15-19(7-9-23(21)27-22)24(25(3,4)5)17-10-12-26-13-11-17/h6-16,24,27H,1-5H3. The largest absolute Gasteiger partial charge is 0.355 e. The monoisotopic (exact) mass is 356 g/mol. The van der Waals surface area contributed by atoms with Crippen molar-refractivity contribution in [3.8, 4) is 0 Å². The quantitative estimate of drug-likeness (QED) is 0.420. The molecule has 1 atom stereocenters. The molecule has 1 N–H and O–H groups in total. The molecule has 0 aliphatic heterocycles. The first-order valence-corrected chi connectivity index (χ1v) is 9.80. The van der Waals surface area contributed by atoms with Gasteiger partial charge < -0.3 is 4.98 Å².